The molecule has 190 valence electrons. The summed E-state index contributed by atoms with van der Waals surface area (Å²) < 4.78 is 21.0. The highest BCUT2D eigenvalue weighted by atomic mass is 16.6. The summed E-state index contributed by atoms with van der Waals surface area (Å²) >= 11 is 0. The normalized spacial score (nSPS) is 10.7. The highest BCUT2D eigenvalue weighted by Crippen LogP contribution is 2.38. The van der Waals surface area contributed by atoms with Gasteiger partial charge in [-0.25, -0.2) is 4.79 Å². The van der Waals surface area contributed by atoms with E-state index < -0.39 is 11.7 Å². The van der Waals surface area contributed by atoms with E-state index in [1.54, 1.807) is 51.1 Å². The molecule has 0 aliphatic rings. The number of anilines is 1. The van der Waals surface area contributed by atoms with Crippen LogP contribution in [0.5, 0.6) is 17.2 Å². The molecule has 3 amide bonds. The van der Waals surface area contributed by atoms with Crippen molar-refractivity contribution < 1.29 is 33.3 Å². The number of methoxy groups -OCH3 is 3. The average Bonchev–Trinajstić information content (AvgIpc) is 2.80. The van der Waals surface area contributed by atoms with Gasteiger partial charge in [0.05, 0.1) is 21.3 Å². The summed E-state index contributed by atoms with van der Waals surface area (Å²) in [6.07, 6.45) is -0.461. The lowest BCUT2D eigenvalue weighted by Gasteiger charge is -2.19. The third-order valence-corrected chi connectivity index (χ3v) is 4.62. The van der Waals surface area contributed by atoms with Crippen LogP contribution in [0.3, 0.4) is 0 Å². The molecule has 0 saturated carbocycles. The molecule has 35 heavy (non-hydrogen) atoms. The van der Waals surface area contributed by atoms with E-state index in [4.69, 9.17) is 18.9 Å². The number of amides is 3. The van der Waals surface area contributed by atoms with Gasteiger partial charge in [-0.15, -0.1) is 0 Å². The Bertz CT molecular complexity index is 1020. The number of carbonyl (C=O) groups is 3. The Morgan fingerprint density at radius 1 is 0.886 bits per heavy atom. The number of hydrogen-bond acceptors (Lipinski definition) is 7. The molecule has 10 heteroatoms. The zero-order valence-electron chi connectivity index (χ0n) is 20.9. The number of benzene rings is 2. The van der Waals surface area contributed by atoms with Crippen molar-refractivity contribution in [3.8, 4) is 17.2 Å². The van der Waals surface area contributed by atoms with E-state index in [0.29, 0.717) is 28.5 Å². The first kappa shape index (κ1) is 27.3. The number of carbonyl (C=O) groups excluding carboxylic acids is 3. The molecule has 2 aromatic rings. The van der Waals surface area contributed by atoms with Gasteiger partial charge in [-0.1, -0.05) is 12.1 Å². The summed E-state index contributed by atoms with van der Waals surface area (Å²) in [7, 11) is 4.44. The Kier molecular flexibility index (Phi) is 9.74. The van der Waals surface area contributed by atoms with Gasteiger partial charge in [0.25, 0.3) is 5.91 Å². The van der Waals surface area contributed by atoms with Gasteiger partial charge in [-0.3, -0.25) is 9.59 Å². The maximum atomic E-state index is 12.8. The summed E-state index contributed by atoms with van der Waals surface area (Å²) in [5.74, 6) is 0.543. The fourth-order valence-corrected chi connectivity index (χ4v) is 3.06. The van der Waals surface area contributed by atoms with Crippen LogP contribution in [-0.2, 0) is 16.1 Å². The molecule has 0 bridgehead atoms. The molecule has 3 N–H and O–H groups in total. The topological polar surface area (TPSA) is 124 Å². The minimum atomic E-state index is -0.599. The zero-order valence-corrected chi connectivity index (χ0v) is 20.9. The van der Waals surface area contributed by atoms with Gasteiger partial charge in [-0.05, 0) is 50.6 Å². The van der Waals surface area contributed by atoms with E-state index >= 15 is 0 Å². The fourth-order valence-electron chi connectivity index (χ4n) is 3.06. The molecule has 0 aliphatic heterocycles. The highest BCUT2D eigenvalue weighted by molar-refractivity contribution is 6.05. The number of hydrogen-bond donors (Lipinski definition) is 3. The van der Waals surface area contributed by atoms with Crippen molar-refractivity contribution in [1.29, 1.82) is 0 Å². The van der Waals surface area contributed by atoms with Crippen molar-refractivity contribution in [2.24, 2.45) is 0 Å². The second-order valence-electron chi connectivity index (χ2n) is 8.52. The number of ether oxygens (including phenoxy) is 4. The van der Waals surface area contributed by atoms with Gasteiger partial charge in [0.15, 0.2) is 11.5 Å². The molecule has 0 unspecified atom stereocenters. The van der Waals surface area contributed by atoms with E-state index in [-0.39, 0.29) is 31.3 Å². The van der Waals surface area contributed by atoms with Crippen LogP contribution in [0.15, 0.2) is 36.4 Å². The first-order chi connectivity index (χ1) is 16.6. The average molecular weight is 488 g/mol. The van der Waals surface area contributed by atoms with Crippen LogP contribution < -0.4 is 30.2 Å². The SMILES string of the molecule is COc1cc(C(=O)Nc2cccc(CNC(=O)CCNC(=O)OC(C)(C)C)c2)cc(OC)c1OC. The molecule has 2 rings (SSSR count). The van der Waals surface area contributed by atoms with Crippen LogP contribution in [0.25, 0.3) is 0 Å². The van der Waals surface area contributed by atoms with Gasteiger partial charge in [0, 0.05) is 30.8 Å². The molecule has 0 aliphatic carbocycles. The van der Waals surface area contributed by atoms with Crippen LogP contribution in [0.2, 0.25) is 0 Å². The smallest absolute Gasteiger partial charge is 0.407 e. The van der Waals surface area contributed by atoms with Gasteiger partial charge in [0.1, 0.15) is 5.60 Å². The predicted octanol–water partition coefficient (Wildman–Crippen LogP) is 3.50. The molecule has 2 aromatic carbocycles. The Morgan fingerprint density at radius 2 is 1.54 bits per heavy atom. The molecule has 0 radical (unpaired) electrons. The molecule has 0 aromatic heterocycles. The Hall–Kier alpha value is -3.95. The van der Waals surface area contributed by atoms with Crippen molar-refractivity contribution in [1.82, 2.24) is 10.6 Å². The summed E-state index contributed by atoms with van der Waals surface area (Å²) in [5.41, 5.74) is 1.08. The zero-order chi connectivity index (χ0) is 26.0. The summed E-state index contributed by atoms with van der Waals surface area (Å²) in [5, 5.41) is 8.15. The van der Waals surface area contributed by atoms with Crippen molar-refractivity contribution >= 4 is 23.6 Å². The summed E-state index contributed by atoms with van der Waals surface area (Å²) in [6, 6.07) is 10.2. The van der Waals surface area contributed by atoms with Gasteiger partial charge in [0.2, 0.25) is 11.7 Å². The summed E-state index contributed by atoms with van der Waals surface area (Å²) in [4.78, 5) is 36.5. The standard InChI is InChI=1S/C25H33N3O7/c1-25(2,3)35-24(31)26-11-10-21(29)27-15-16-8-7-9-18(12-16)28-23(30)17-13-19(32-4)22(34-6)20(14-17)33-5/h7-9,12-14H,10-11,15H2,1-6H3,(H,26,31)(H,27,29)(H,28,30). The van der Waals surface area contributed by atoms with Gasteiger partial charge in [-0.2, -0.15) is 0 Å². The van der Waals surface area contributed by atoms with Crippen molar-refractivity contribution in [3.63, 3.8) is 0 Å². The fraction of sp³-hybridized carbons (Fsp3) is 0.400. The van der Waals surface area contributed by atoms with Crippen LogP contribution >= 0.6 is 0 Å². The Morgan fingerprint density at radius 3 is 2.11 bits per heavy atom. The van der Waals surface area contributed by atoms with Crippen LogP contribution in [0.1, 0.15) is 43.1 Å². The lowest BCUT2D eigenvalue weighted by molar-refractivity contribution is -0.121. The van der Waals surface area contributed by atoms with Gasteiger partial charge < -0.3 is 34.9 Å². The van der Waals surface area contributed by atoms with Crippen molar-refractivity contribution in [2.75, 3.05) is 33.2 Å². The lowest BCUT2D eigenvalue weighted by Crippen LogP contribution is -2.35. The summed E-state index contributed by atoms with van der Waals surface area (Å²) in [6.45, 7) is 5.71. The van der Waals surface area contributed by atoms with E-state index in [1.165, 1.54) is 21.3 Å². The molecule has 0 spiro atoms. The van der Waals surface area contributed by atoms with E-state index in [1.807, 2.05) is 6.07 Å². The number of nitrogens with one attached hydrogen (secondary N) is 3. The molecular formula is C25H33N3O7. The first-order valence-corrected chi connectivity index (χ1v) is 11.0. The molecule has 0 atom stereocenters. The monoisotopic (exact) mass is 487 g/mol. The van der Waals surface area contributed by atoms with Crippen LogP contribution in [-0.4, -0.2) is 51.4 Å². The quantitative estimate of drug-likeness (QED) is 0.469. The van der Waals surface area contributed by atoms with E-state index in [0.717, 1.165) is 5.56 Å². The maximum absolute atomic E-state index is 12.8. The highest BCUT2D eigenvalue weighted by Gasteiger charge is 2.18. The molecule has 10 nitrogen and oxygen atoms in total. The minimum Gasteiger partial charge on any atom is -0.493 e. The third kappa shape index (κ3) is 8.73. The molecule has 0 heterocycles. The predicted molar refractivity (Wildman–Crippen MR) is 131 cm³/mol. The van der Waals surface area contributed by atoms with Gasteiger partial charge >= 0.3 is 6.09 Å². The largest absolute Gasteiger partial charge is 0.493 e. The van der Waals surface area contributed by atoms with E-state index in [2.05, 4.69) is 16.0 Å². The molecule has 0 fully saturated rings. The van der Waals surface area contributed by atoms with Crippen LogP contribution in [0, 0.1) is 0 Å². The van der Waals surface area contributed by atoms with Crippen molar-refractivity contribution in [2.45, 2.75) is 39.3 Å². The van der Waals surface area contributed by atoms with Crippen LogP contribution in [0.4, 0.5) is 10.5 Å². The second kappa shape index (κ2) is 12.5. The molecular weight excluding hydrogens is 454 g/mol. The maximum Gasteiger partial charge on any atom is 0.407 e. The molecule has 0 saturated heterocycles. The first-order valence-electron chi connectivity index (χ1n) is 11.0. The number of alkyl carbamates (subject to hydrolysis) is 1. The Balaban J connectivity index is 1.92. The number of rotatable bonds is 10. The Labute approximate surface area is 205 Å². The lowest BCUT2D eigenvalue weighted by atomic mass is 10.1. The van der Waals surface area contributed by atoms with E-state index in [9.17, 15) is 14.4 Å². The van der Waals surface area contributed by atoms with Crippen molar-refractivity contribution in [3.05, 3.63) is 47.5 Å². The third-order valence-electron chi connectivity index (χ3n) is 4.62. The minimum absolute atomic E-state index is 0.108. The second-order valence-corrected chi connectivity index (χ2v) is 8.52.